The smallest absolute Gasteiger partial charge is 0.244 e. The third-order valence-corrected chi connectivity index (χ3v) is 4.62. The summed E-state index contributed by atoms with van der Waals surface area (Å²) in [5.74, 6) is 0. The van der Waals surface area contributed by atoms with Gasteiger partial charge >= 0.3 is 0 Å². The van der Waals surface area contributed by atoms with Crippen molar-refractivity contribution in [3.05, 3.63) is 18.5 Å². The van der Waals surface area contributed by atoms with Crippen molar-refractivity contribution >= 4 is 10.0 Å². The topological polar surface area (TPSA) is 54.3 Å². The molecule has 0 aliphatic carbocycles. The molecule has 0 saturated carbocycles. The van der Waals surface area contributed by atoms with Gasteiger partial charge in [0.25, 0.3) is 0 Å². The molecule has 2 rings (SSSR count). The minimum Gasteiger partial charge on any atom is -0.356 e. The van der Waals surface area contributed by atoms with Crippen LogP contribution in [-0.4, -0.2) is 43.0 Å². The first-order chi connectivity index (χ1) is 7.50. The fourth-order valence-corrected chi connectivity index (χ4v) is 3.48. The number of piperazine rings is 1. The molecule has 0 spiro atoms. The van der Waals surface area contributed by atoms with Crippen molar-refractivity contribution in [2.75, 3.05) is 19.6 Å². The number of sulfonamides is 1. The summed E-state index contributed by atoms with van der Waals surface area (Å²) in [5, 5.41) is 3.23. The van der Waals surface area contributed by atoms with Crippen molar-refractivity contribution < 1.29 is 8.42 Å². The number of rotatable bonds is 2. The molecule has 1 saturated heterocycles. The van der Waals surface area contributed by atoms with Gasteiger partial charge in [0.05, 0.1) is 4.90 Å². The summed E-state index contributed by atoms with van der Waals surface area (Å²) >= 11 is 0. The van der Waals surface area contributed by atoms with Crippen LogP contribution in [0.15, 0.2) is 23.4 Å². The molecule has 90 valence electrons. The fourth-order valence-electron chi connectivity index (χ4n) is 1.89. The van der Waals surface area contributed by atoms with E-state index in [1.807, 2.05) is 14.0 Å². The number of hydrogen-bond acceptors (Lipinski definition) is 3. The van der Waals surface area contributed by atoms with Crippen LogP contribution in [0.4, 0.5) is 0 Å². The van der Waals surface area contributed by atoms with Gasteiger partial charge in [-0.25, -0.2) is 8.42 Å². The van der Waals surface area contributed by atoms with Crippen molar-refractivity contribution in [3.63, 3.8) is 0 Å². The van der Waals surface area contributed by atoms with Crippen LogP contribution in [0, 0.1) is 0 Å². The molecule has 0 radical (unpaired) electrons. The summed E-state index contributed by atoms with van der Waals surface area (Å²) in [6.07, 6.45) is 3.39. The van der Waals surface area contributed by atoms with E-state index < -0.39 is 10.0 Å². The Labute approximate surface area is 96.1 Å². The van der Waals surface area contributed by atoms with Gasteiger partial charge in [0.2, 0.25) is 10.0 Å². The molecule has 5 nitrogen and oxygen atoms in total. The monoisotopic (exact) mass is 243 g/mol. The first kappa shape index (κ1) is 11.6. The van der Waals surface area contributed by atoms with Crippen LogP contribution in [0.5, 0.6) is 0 Å². The summed E-state index contributed by atoms with van der Waals surface area (Å²) < 4.78 is 27.8. The minimum absolute atomic E-state index is 0.215. The van der Waals surface area contributed by atoms with E-state index in [0.29, 0.717) is 24.5 Å². The van der Waals surface area contributed by atoms with Gasteiger partial charge in [-0.3, -0.25) is 0 Å². The Hall–Kier alpha value is -0.850. The van der Waals surface area contributed by atoms with Gasteiger partial charge < -0.3 is 9.88 Å². The zero-order valence-corrected chi connectivity index (χ0v) is 10.4. The third kappa shape index (κ3) is 2.14. The second kappa shape index (κ2) is 4.20. The molecule has 1 fully saturated rings. The molecule has 1 aliphatic rings. The second-order valence-electron chi connectivity index (χ2n) is 4.23. The Morgan fingerprint density at radius 2 is 2.25 bits per heavy atom. The quantitative estimate of drug-likeness (QED) is 0.796. The Bertz CT molecular complexity index is 466. The van der Waals surface area contributed by atoms with Crippen LogP contribution >= 0.6 is 0 Å². The SMILES string of the molecule is C[C@@H]1CN(S(=O)(=O)c2ccn(C)c2)CCN1. The van der Waals surface area contributed by atoms with E-state index in [4.69, 9.17) is 0 Å². The number of nitrogens with zero attached hydrogens (tertiary/aromatic N) is 2. The molecule has 6 heteroatoms. The van der Waals surface area contributed by atoms with Crippen molar-refractivity contribution in [3.8, 4) is 0 Å². The van der Waals surface area contributed by atoms with Crippen molar-refractivity contribution in [1.82, 2.24) is 14.2 Å². The molecule has 1 N–H and O–H groups in total. The fraction of sp³-hybridized carbons (Fsp3) is 0.600. The van der Waals surface area contributed by atoms with Crippen LogP contribution < -0.4 is 5.32 Å². The summed E-state index contributed by atoms with van der Waals surface area (Å²) in [6, 6.07) is 1.86. The van der Waals surface area contributed by atoms with Crippen LogP contribution in [-0.2, 0) is 17.1 Å². The highest BCUT2D eigenvalue weighted by atomic mass is 32.2. The minimum atomic E-state index is -3.30. The molecular weight excluding hydrogens is 226 g/mol. The molecule has 2 heterocycles. The average molecular weight is 243 g/mol. The van der Waals surface area contributed by atoms with Crippen LogP contribution in [0.3, 0.4) is 0 Å². The zero-order chi connectivity index (χ0) is 11.8. The van der Waals surface area contributed by atoms with Gasteiger partial charge in [-0.05, 0) is 13.0 Å². The van der Waals surface area contributed by atoms with Gasteiger partial charge in [-0.2, -0.15) is 4.31 Å². The lowest BCUT2D eigenvalue weighted by Gasteiger charge is -2.30. The second-order valence-corrected chi connectivity index (χ2v) is 6.17. The summed E-state index contributed by atoms with van der Waals surface area (Å²) in [6.45, 7) is 3.79. The average Bonchev–Trinajstić information content (AvgIpc) is 2.65. The molecule has 0 unspecified atom stereocenters. The Kier molecular flexibility index (Phi) is 3.05. The highest BCUT2D eigenvalue weighted by Crippen LogP contribution is 2.17. The summed E-state index contributed by atoms with van der Waals surface area (Å²) in [7, 11) is -1.48. The highest BCUT2D eigenvalue weighted by molar-refractivity contribution is 7.89. The van der Waals surface area contributed by atoms with E-state index in [-0.39, 0.29) is 6.04 Å². The van der Waals surface area contributed by atoms with E-state index in [0.717, 1.165) is 0 Å². The Morgan fingerprint density at radius 1 is 1.50 bits per heavy atom. The van der Waals surface area contributed by atoms with Crippen molar-refractivity contribution in [1.29, 1.82) is 0 Å². The molecule has 1 atom stereocenters. The third-order valence-electron chi connectivity index (χ3n) is 2.77. The maximum absolute atomic E-state index is 12.2. The highest BCUT2D eigenvalue weighted by Gasteiger charge is 2.28. The number of aryl methyl sites for hydroxylation is 1. The van der Waals surface area contributed by atoms with Gasteiger partial charge in [-0.1, -0.05) is 0 Å². The number of aromatic nitrogens is 1. The van der Waals surface area contributed by atoms with E-state index in [2.05, 4.69) is 5.32 Å². The Balaban J connectivity index is 2.25. The molecule has 0 aromatic carbocycles. The molecular formula is C10H17N3O2S. The first-order valence-electron chi connectivity index (χ1n) is 5.35. The predicted octanol–water partition coefficient (Wildman–Crippen LogP) is 0.00750. The number of nitrogens with one attached hydrogen (secondary N) is 1. The van der Waals surface area contributed by atoms with Gasteiger partial charge in [0.15, 0.2) is 0 Å². The maximum atomic E-state index is 12.2. The van der Waals surface area contributed by atoms with E-state index in [1.54, 1.807) is 27.3 Å². The first-order valence-corrected chi connectivity index (χ1v) is 6.79. The normalized spacial score (nSPS) is 23.5. The molecule has 0 amide bonds. The zero-order valence-electron chi connectivity index (χ0n) is 9.55. The van der Waals surface area contributed by atoms with Crippen molar-refractivity contribution in [2.24, 2.45) is 7.05 Å². The van der Waals surface area contributed by atoms with E-state index >= 15 is 0 Å². The summed E-state index contributed by atoms with van der Waals surface area (Å²) in [4.78, 5) is 0.379. The van der Waals surface area contributed by atoms with Crippen molar-refractivity contribution in [2.45, 2.75) is 17.9 Å². The maximum Gasteiger partial charge on any atom is 0.244 e. The van der Waals surface area contributed by atoms with Crippen LogP contribution in [0.2, 0.25) is 0 Å². The molecule has 0 bridgehead atoms. The number of hydrogen-bond donors (Lipinski definition) is 1. The molecule has 1 aliphatic heterocycles. The molecule has 1 aromatic rings. The standard InChI is InChI=1S/C10H17N3O2S/c1-9-7-13(6-4-11-9)16(14,15)10-3-5-12(2)8-10/h3,5,8-9,11H,4,6-7H2,1-2H3/t9-/m1/s1. The lowest BCUT2D eigenvalue weighted by Crippen LogP contribution is -2.51. The molecule has 16 heavy (non-hydrogen) atoms. The van der Waals surface area contributed by atoms with Crippen LogP contribution in [0.25, 0.3) is 0 Å². The lowest BCUT2D eigenvalue weighted by atomic mass is 10.3. The Morgan fingerprint density at radius 3 is 2.81 bits per heavy atom. The van der Waals surface area contributed by atoms with Crippen LogP contribution in [0.1, 0.15) is 6.92 Å². The molecule has 1 aromatic heterocycles. The predicted molar refractivity (Wildman–Crippen MR) is 61.6 cm³/mol. The lowest BCUT2D eigenvalue weighted by molar-refractivity contribution is 0.310. The van der Waals surface area contributed by atoms with E-state index in [9.17, 15) is 8.42 Å². The van der Waals surface area contributed by atoms with Gasteiger partial charge in [0, 0.05) is 45.1 Å². The van der Waals surface area contributed by atoms with Gasteiger partial charge in [-0.15, -0.1) is 0 Å². The summed E-state index contributed by atoms with van der Waals surface area (Å²) in [5.41, 5.74) is 0. The van der Waals surface area contributed by atoms with Gasteiger partial charge in [0.1, 0.15) is 0 Å². The van der Waals surface area contributed by atoms with E-state index in [1.165, 1.54) is 0 Å². The largest absolute Gasteiger partial charge is 0.356 e.